The summed E-state index contributed by atoms with van der Waals surface area (Å²) in [5.74, 6) is -3.81. The Morgan fingerprint density at radius 2 is 1.92 bits per heavy atom. The van der Waals surface area contributed by atoms with E-state index in [0.717, 1.165) is 30.4 Å². The number of alkyl halides is 2. The average Bonchev–Trinajstić information content (AvgIpc) is 3.04. The minimum atomic E-state index is -3.07. The highest BCUT2D eigenvalue weighted by molar-refractivity contribution is 7.09. The van der Waals surface area contributed by atoms with E-state index in [1.165, 1.54) is 30.2 Å². The first-order chi connectivity index (χ1) is 12.3. The predicted molar refractivity (Wildman–Crippen MR) is 88.2 cm³/mol. The second-order valence-electron chi connectivity index (χ2n) is 5.47. The molecule has 0 saturated heterocycles. The third-order valence-corrected chi connectivity index (χ3v) is 4.13. The molecule has 26 heavy (non-hydrogen) atoms. The number of benzene rings is 1. The van der Waals surface area contributed by atoms with Crippen molar-refractivity contribution in [2.75, 3.05) is 0 Å². The van der Waals surface area contributed by atoms with Gasteiger partial charge in [0, 0.05) is 23.9 Å². The Kier molecular flexibility index (Phi) is 4.99. The Bertz CT molecular complexity index is 927. The second kappa shape index (κ2) is 7.20. The van der Waals surface area contributed by atoms with Gasteiger partial charge >= 0.3 is 0 Å². The molecule has 5 nitrogen and oxygen atoms in total. The number of thiazole rings is 1. The number of nitrogens with zero attached hydrogens (tertiary/aromatic N) is 3. The number of ketones is 1. The summed E-state index contributed by atoms with van der Waals surface area (Å²) in [5.41, 5.74) is -0.338. The van der Waals surface area contributed by atoms with Gasteiger partial charge in [0.25, 0.3) is 5.92 Å². The summed E-state index contributed by atoms with van der Waals surface area (Å²) >= 11 is 0.957. The summed E-state index contributed by atoms with van der Waals surface area (Å²) in [4.78, 5) is 23.7. The molecule has 0 aliphatic heterocycles. The molecular weight excluding hydrogens is 367 g/mol. The zero-order valence-corrected chi connectivity index (χ0v) is 14.3. The summed E-state index contributed by atoms with van der Waals surface area (Å²) in [7, 11) is 0. The van der Waals surface area contributed by atoms with E-state index < -0.39 is 23.2 Å². The fraction of sp³-hybridized carbons (Fsp3) is 0.176. The zero-order valence-electron chi connectivity index (χ0n) is 13.4. The van der Waals surface area contributed by atoms with Gasteiger partial charge in [-0.2, -0.15) is 8.78 Å². The SMILES string of the molecule is CC(F)(F)c1csc(CC(=O)c2cc(F)cc(Oc3cncnc3)c2)n1. The molecule has 0 N–H and O–H groups in total. The van der Waals surface area contributed by atoms with E-state index in [1.807, 2.05) is 0 Å². The lowest BCUT2D eigenvalue weighted by Gasteiger charge is -2.07. The maximum atomic E-state index is 13.8. The van der Waals surface area contributed by atoms with Crippen LogP contribution in [0.3, 0.4) is 0 Å². The second-order valence-corrected chi connectivity index (χ2v) is 6.41. The molecule has 9 heteroatoms. The minimum absolute atomic E-state index is 0.0526. The molecule has 2 heterocycles. The fourth-order valence-electron chi connectivity index (χ4n) is 2.09. The molecule has 134 valence electrons. The van der Waals surface area contributed by atoms with E-state index in [9.17, 15) is 18.0 Å². The first-order valence-corrected chi connectivity index (χ1v) is 8.28. The smallest absolute Gasteiger partial charge is 0.287 e. The highest BCUT2D eigenvalue weighted by Crippen LogP contribution is 2.29. The van der Waals surface area contributed by atoms with Crippen molar-refractivity contribution in [3.8, 4) is 11.5 Å². The van der Waals surface area contributed by atoms with Crippen molar-refractivity contribution in [2.24, 2.45) is 0 Å². The molecule has 0 amide bonds. The van der Waals surface area contributed by atoms with Crippen LogP contribution in [0.15, 0.2) is 42.3 Å². The van der Waals surface area contributed by atoms with Gasteiger partial charge in [0.1, 0.15) is 28.6 Å². The number of carbonyl (C=O) groups is 1. The maximum absolute atomic E-state index is 13.8. The van der Waals surface area contributed by atoms with Gasteiger partial charge in [0.05, 0.1) is 18.8 Å². The van der Waals surface area contributed by atoms with Crippen LogP contribution >= 0.6 is 11.3 Å². The number of hydrogen-bond acceptors (Lipinski definition) is 6. The van der Waals surface area contributed by atoms with Crippen LogP contribution in [0.2, 0.25) is 0 Å². The number of Topliss-reactive ketones (excluding diaryl/α,β-unsaturated/α-hetero) is 1. The molecule has 2 aromatic heterocycles. The molecule has 0 spiro atoms. The fourth-order valence-corrected chi connectivity index (χ4v) is 2.96. The Morgan fingerprint density at radius 3 is 2.58 bits per heavy atom. The summed E-state index contributed by atoms with van der Waals surface area (Å²) < 4.78 is 45.7. The standard InChI is InChI=1S/C17H12F3N3O2S/c1-17(19,20)15-8-26-16(23-15)5-14(24)10-2-11(18)4-12(3-10)25-13-6-21-9-22-7-13/h2-4,6-9H,5H2,1H3. The van der Waals surface area contributed by atoms with E-state index >= 15 is 0 Å². The Balaban J connectivity index is 1.78. The molecule has 0 radical (unpaired) electrons. The number of aromatic nitrogens is 3. The van der Waals surface area contributed by atoms with Crippen molar-refractivity contribution in [3.05, 3.63) is 64.4 Å². The van der Waals surface area contributed by atoms with Crippen molar-refractivity contribution >= 4 is 17.1 Å². The van der Waals surface area contributed by atoms with Crippen LogP contribution in [-0.4, -0.2) is 20.7 Å². The van der Waals surface area contributed by atoms with Crippen LogP contribution < -0.4 is 4.74 Å². The van der Waals surface area contributed by atoms with Crippen LogP contribution in [-0.2, 0) is 12.3 Å². The molecule has 0 bridgehead atoms. The minimum Gasteiger partial charge on any atom is -0.454 e. The Morgan fingerprint density at radius 1 is 1.19 bits per heavy atom. The number of hydrogen-bond donors (Lipinski definition) is 0. The summed E-state index contributed by atoms with van der Waals surface area (Å²) in [5, 5.41) is 1.44. The zero-order chi connectivity index (χ0) is 18.7. The average molecular weight is 379 g/mol. The number of rotatable bonds is 6. The van der Waals surface area contributed by atoms with Crippen LogP contribution in [0, 0.1) is 5.82 Å². The van der Waals surface area contributed by atoms with Gasteiger partial charge in [-0.15, -0.1) is 11.3 Å². The van der Waals surface area contributed by atoms with Gasteiger partial charge in [0.2, 0.25) is 0 Å². The topological polar surface area (TPSA) is 65.0 Å². The van der Waals surface area contributed by atoms with Crippen molar-refractivity contribution in [1.29, 1.82) is 0 Å². The lowest BCUT2D eigenvalue weighted by molar-refractivity contribution is 0.0132. The van der Waals surface area contributed by atoms with E-state index in [4.69, 9.17) is 4.74 Å². The van der Waals surface area contributed by atoms with E-state index in [0.29, 0.717) is 0 Å². The molecule has 0 unspecified atom stereocenters. The summed E-state index contributed by atoms with van der Waals surface area (Å²) in [6.07, 6.45) is 3.89. The van der Waals surface area contributed by atoms with Crippen molar-refractivity contribution < 1.29 is 22.7 Å². The van der Waals surface area contributed by atoms with Gasteiger partial charge in [-0.3, -0.25) is 4.79 Å². The molecular formula is C17H12F3N3O2S. The monoisotopic (exact) mass is 379 g/mol. The Labute approximate surface area is 150 Å². The van der Waals surface area contributed by atoms with E-state index in [1.54, 1.807) is 0 Å². The van der Waals surface area contributed by atoms with Crippen LogP contribution in [0.25, 0.3) is 0 Å². The highest BCUT2D eigenvalue weighted by atomic mass is 32.1. The molecule has 3 rings (SSSR count). The third-order valence-electron chi connectivity index (χ3n) is 3.28. The largest absolute Gasteiger partial charge is 0.454 e. The first-order valence-electron chi connectivity index (χ1n) is 7.40. The highest BCUT2D eigenvalue weighted by Gasteiger charge is 2.28. The van der Waals surface area contributed by atoms with Crippen LogP contribution in [0.1, 0.15) is 28.0 Å². The molecule has 0 saturated carbocycles. The molecule has 0 fully saturated rings. The number of halogens is 3. The molecule has 1 aromatic carbocycles. The molecule has 0 atom stereocenters. The van der Waals surface area contributed by atoms with Crippen molar-refractivity contribution in [2.45, 2.75) is 19.3 Å². The quantitative estimate of drug-likeness (QED) is 0.594. The summed E-state index contributed by atoms with van der Waals surface area (Å²) in [6.45, 7) is 0.733. The Hall–Kier alpha value is -2.81. The number of ether oxygens (including phenoxy) is 1. The normalized spacial score (nSPS) is 11.4. The number of carbonyl (C=O) groups excluding carboxylic acids is 1. The lowest BCUT2D eigenvalue weighted by Crippen LogP contribution is -2.09. The molecule has 0 aliphatic carbocycles. The predicted octanol–water partition coefficient (Wildman–Crippen LogP) is 4.40. The van der Waals surface area contributed by atoms with Crippen LogP contribution in [0.5, 0.6) is 11.5 Å². The van der Waals surface area contributed by atoms with E-state index in [-0.39, 0.29) is 28.5 Å². The lowest BCUT2D eigenvalue weighted by atomic mass is 10.1. The van der Waals surface area contributed by atoms with Gasteiger partial charge in [0.15, 0.2) is 11.5 Å². The van der Waals surface area contributed by atoms with Gasteiger partial charge < -0.3 is 4.74 Å². The van der Waals surface area contributed by atoms with Crippen LogP contribution in [0.4, 0.5) is 13.2 Å². The van der Waals surface area contributed by atoms with Crippen molar-refractivity contribution in [3.63, 3.8) is 0 Å². The first kappa shape index (κ1) is 18.0. The van der Waals surface area contributed by atoms with Gasteiger partial charge in [-0.25, -0.2) is 19.3 Å². The van der Waals surface area contributed by atoms with Gasteiger partial charge in [-0.1, -0.05) is 0 Å². The molecule has 0 aliphatic rings. The molecule has 3 aromatic rings. The van der Waals surface area contributed by atoms with E-state index in [2.05, 4.69) is 15.0 Å². The third kappa shape index (κ3) is 4.42. The van der Waals surface area contributed by atoms with Crippen molar-refractivity contribution in [1.82, 2.24) is 15.0 Å². The summed E-state index contributed by atoms with van der Waals surface area (Å²) in [6, 6.07) is 3.53. The maximum Gasteiger partial charge on any atom is 0.287 e. The van der Waals surface area contributed by atoms with Gasteiger partial charge in [-0.05, 0) is 12.1 Å².